The number of hydrogen-bond donors (Lipinski definition) is 1. The first-order chi connectivity index (χ1) is 7.49. The Morgan fingerprint density at radius 3 is 2.69 bits per heavy atom. The van der Waals surface area contributed by atoms with E-state index in [9.17, 15) is 0 Å². The molecule has 0 aliphatic carbocycles. The quantitative estimate of drug-likeness (QED) is 0.781. The van der Waals surface area contributed by atoms with Crippen LogP contribution in [0.5, 0.6) is 0 Å². The van der Waals surface area contributed by atoms with Crippen molar-refractivity contribution < 1.29 is 0 Å². The fraction of sp³-hybridized carbons (Fsp3) is 0.571. The topological polar surface area (TPSA) is 12.0 Å². The summed E-state index contributed by atoms with van der Waals surface area (Å²) in [6, 6.07) is 6.43. The van der Waals surface area contributed by atoms with Crippen molar-refractivity contribution in [1.29, 1.82) is 0 Å². The molecule has 0 spiro atoms. The maximum Gasteiger partial charge on any atom is 0.0391 e. The number of anilines is 1. The van der Waals surface area contributed by atoms with Crippen LogP contribution in [0.2, 0.25) is 0 Å². The van der Waals surface area contributed by atoms with Gasteiger partial charge in [0.15, 0.2) is 0 Å². The number of hydrogen-bond acceptors (Lipinski definition) is 1. The molecule has 3 atom stereocenters. The van der Waals surface area contributed by atoms with Gasteiger partial charge in [0, 0.05) is 15.7 Å². The van der Waals surface area contributed by atoms with Crippen molar-refractivity contribution in [3.05, 3.63) is 28.2 Å². The van der Waals surface area contributed by atoms with E-state index in [4.69, 9.17) is 0 Å². The molecule has 0 saturated carbocycles. The molecule has 88 valence electrons. The van der Waals surface area contributed by atoms with Crippen molar-refractivity contribution in [3.8, 4) is 0 Å². The Bertz CT molecular complexity index is 402. The van der Waals surface area contributed by atoms with Gasteiger partial charge in [-0.15, -0.1) is 0 Å². The maximum absolute atomic E-state index is 3.71. The zero-order valence-electron chi connectivity index (χ0n) is 10.5. The maximum atomic E-state index is 3.71. The first kappa shape index (κ1) is 12.0. The molecule has 1 aromatic rings. The van der Waals surface area contributed by atoms with Gasteiger partial charge in [-0.1, -0.05) is 42.8 Å². The minimum atomic E-state index is 0.215. The van der Waals surface area contributed by atoms with Gasteiger partial charge in [0.2, 0.25) is 0 Å². The fourth-order valence-corrected chi connectivity index (χ4v) is 3.47. The van der Waals surface area contributed by atoms with E-state index in [-0.39, 0.29) is 5.54 Å². The van der Waals surface area contributed by atoms with Crippen LogP contribution < -0.4 is 5.32 Å². The second-order valence-corrected chi connectivity index (χ2v) is 6.03. The minimum Gasteiger partial charge on any atom is -0.379 e. The molecule has 0 amide bonds. The number of halogens is 1. The second kappa shape index (κ2) is 4.06. The summed E-state index contributed by atoms with van der Waals surface area (Å²) >= 11 is 3.67. The molecule has 16 heavy (non-hydrogen) atoms. The van der Waals surface area contributed by atoms with Gasteiger partial charge in [-0.05, 0) is 42.9 Å². The van der Waals surface area contributed by atoms with Gasteiger partial charge in [0.05, 0.1) is 0 Å². The average Bonchev–Trinajstić information content (AvgIpc) is 2.26. The highest BCUT2D eigenvalue weighted by atomic mass is 79.9. The summed E-state index contributed by atoms with van der Waals surface area (Å²) in [6.45, 7) is 9.28. The van der Waals surface area contributed by atoms with Gasteiger partial charge >= 0.3 is 0 Å². The second-order valence-electron chi connectivity index (χ2n) is 5.17. The van der Waals surface area contributed by atoms with Gasteiger partial charge < -0.3 is 5.32 Å². The third-order valence-electron chi connectivity index (χ3n) is 4.42. The number of rotatable bonds is 1. The lowest BCUT2D eigenvalue weighted by molar-refractivity contribution is 0.284. The molecule has 1 aliphatic heterocycles. The highest BCUT2D eigenvalue weighted by Gasteiger charge is 2.39. The standard InChI is InChI=1S/C14H20BrN/c1-5-14(4)10(3)9(2)13-11(15)7-6-8-12(13)16-14/h6-10,16H,5H2,1-4H3. The number of fused-ring (bicyclic) bond motifs is 1. The summed E-state index contributed by atoms with van der Waals surface area (Å²) in [4.78, 5) is 0. The smallest absolute Gasteiger partial charge is 0.0391 e. The van der Waals surface area contributed by atoms with Crippen LogP contribution in [0.4, 0.5) is 5.69 Å². The van der Waals surface area contributed by atoms with Gasteiger partial charge in [-0.25, -0.2) is 0 Å². The molecular weight excluding hydrogens is 262 g/mol. The van der Waals surface area contributed by atoms with Crippen LogP contribution in [0.1, 0.15) is 45.6 Å². The summed E-state index contributed by atoms with van der Waals surface area (Å²) in [5.41, 5.74) is 2.94. The van der Waals surface area contributed by atoms with Crippen molar-refractivity contribution in [2.45, 2.75) is 45.6 Å². The molecular formula is C14H20BrN. The molecule has 0 radical (unpaired) electrons. The summed E-state index contributed by atoms with van der Waals surface area (Å²) < 4.78 is 1.23. The summed E-state index contributed by atoms with van der Waals surface area (Å²) in [5, 5.41) is 3.71. The minimum absolute atomic E-state index is 0.215. The zero-order chi connectivity index (χ0) is 11.9. The van der Waals surface area contributed by atoms with Crippen LogP contribution in [-0.2, 0) is 0 Å². The fourth-order valence-electron chi connectivity index (χ4n) is 2.74. The largest absolute Gasteiger partial charge is 0.379 e. The monoisotopic (exact) mass is 281 g/mol. The molecule has 1 nitrogen and oxygen atoms in total. The van der Waals surface area contributed by atoms with Crippen LogP contribution in [-0.4, -0.2) is 5.54 Å². The Labute approximate surface area is 107 Å². The van der Waals surface area contributed by atoms with E-state index in [1.807, 2.05) is 0 Å². The molecule has 2 heteroatoms. The summed E-state index contributed by atoms with van der Waals surface area (Å²) in [7, 11) is 0. The summed E-state index contributed by atoms with van der Waals surface area (Å²) in [5.74, 6) is 1.24. The Kier molecular flexibility index (Phi) is 3.04. The first-order valence-corrected chi connectivity index (χ1v) is 6.85. The van der Waals surface area contributed by atoms with E-state index in [1.54, 1.807) is 0 Å². The predicted molar refractivity (Wildman–Crippen MR) is 74.0 cm³/mol. The molecule has 0 saturated heterocycles. The van der Waals surface area contributed by atoms with E-state index in [0.29, 0.717) is 11.8 Å². The highest BCUT2D eigenvalue weighted by molar-refractivity contribution is 9.10. The van der Waals surface area contributed by atoms with Crippen LogP contribution in [0.25, 0.3) is 0 Å². The molecule has 3 unspecified atom stereocenters. The Morgan fingerprint density at radius 1 is 1.38 bits per heavy atom. The Balaban J connectivity index is 2.52. The number of benzene rings is 1. The van der Waals surface area contributed by atoms with Gasteiger partial charge in [-0.3, -0.25) is 0 Å². The molecule has 0 aromatic heterocycles. The lowest BCUT2D eigenvalue weighted by atomic mass is 9.71. The van der Waals surface area contributed by atoms with E-state index < -0.39 is 0 Å². The third kappa shape index (κ3) is 1.67. The normalized spacial score (nSPS) is 33.1. The van der Waals surface area contributed by atoms with Crippen LogP contribution in [0, 0.1) is 5.92 Å². The number of nitrogens with one attached hydrogen (secondary N) is 1. The average molecular weight is 282 g/mol. The molecule has 0 bridgehead atoms. The van der Waals surface area contributed by atoms with E-state index in [2.05, 4.69) is 67.1 Å². The van der Waals surface area contributed by atoms with Crippen molar-refractivity contribution >= 4 is 21.6 Å². The predicted octanol–water partition coefficient (Wildman–Crippen LogP) is 4.78. The zero-order valence-corrected chi connectivity index (χ0v) is 12.1. The SMILES string of the molecule is CCC1(C)Nc2cccc(Br)c2C(C)C1C. The lowest BCUT2D eigenvalue weighted by Gasteiger charge is -2.46. The Morgan fingerprint density at radius 2 is 2.06 bits per heavy atom. The molecule has 1 aromatic carbocycles. The van der Waals surface area contributed by atoms with Gasteiger partial charge in [0.25, 0.3) is 0 Å². The van der Waals surface area contributed by atoms with Crippen LogP contribution in [0.3, 0.4) is 0 Å². The van der Waals surface area contributed by atoms with Crippen molar-refractivity contribution in [3.63, 3.8) is 0 Å². The Hall–Kier alpha value is -0.500. The van der Waals surface area contributed by atoms with Gasteiger partial charge in [0.1, 0.15) is 0 Å². The highest BCUT2D eigenvalue weighted by Crippen LogP contribution is 2.46. The molecule has 1 N–H and O–H groups in total. The van der Waals surface area contributed by atoms with E-state index in [0.717, 1.165) is 6.42 Å². The van der Waals surface area contributed by atoms with E-state index in [1.165, 1.54) is 15.7 Å². The van der Waals surface area contributed by atoms with Crippen molar-refractivity contribution in [1.82, 2.24) is 0 Å². The van der Waals surface area contributed by atoms with Crippen molar-refractivity contribution in [2.24, 2.45) is 5.92 Å². The molecule has 2 rings (SSSR count). The first-order valence-electron chi connectivity index (χ1n) is 6.06. The molecule has 1 aliphatic rings. The van der Waals surface area contributed by atoms with Crippen molar-refractivity contribution in [2.75, 3.05) is 5.32 Å². The van der Waals surface area contributed by atoms with Crippen LogP contribution in [0.15, 0.2) is 22.7 Å². The lowest BCUT2D eigenvalue weighted by Crippen LogP contribution is -2.46. The summed E-state index contributed by atoms with van der Waals surface area (Å²) in [6.07, 6.45) is 1.16. The van der Waals surface area contributed by atoms with E-state index >= 15 is 0 Å². The third-order valence-corrected chi connectivity index (χ3v) is 5.11. The van der Waals surface area contributed by atoms with Gasteiger partial charge in [-0.2, -0.15) is 0 Å². The molecule has 1 heterocycles. The van der Waals surface area contributed by atoms with Crippen LogP contribution >= 0.6 is 15.9 Å². The molecule has 0 fully saturated rings.